The molecule has 1 aliphatic rings. The zero-order chi connectivity index (χ0) is 17.9. The molecule has 0 aliphatic carbocycles. The molecule has 1 aliphatic heterocycles. The zero-order valence-electron chi connectivity index (χ0n) is 14.0. The SMILES string of the molecule is CCn1cc(NC(=O)N(Cc2ccccc2)[C@H]2CCS(=O)(=O)C2)nn1. The normalized spacial score (nSPS) is 18.8. The lowest BCUT2D eigenvalue weighted by molar-refractivity contribution is 0.190. The zero-order valence-corrected chi connectivity index (χ0v) is 14.8. The van der Waals surface area contributed by atoms with E-state index in [4.69, 9.17) is 0 Å². The van der Waals surface area contributed by atoms with Gasteiger partial charge in [0.25, 0.3) is 0 Å². The quantitative estimate of drug-likeness (QED) is 0.869. The summed E-state index contributed by atoms with van der Waals surface area (Å²) in [6.07, 6.45) is 2.09. The Morgan fingerprint density at radius 2 is 2.12 bits per heavy atom. The Kier molecular flexibility index (Phi) is 5.03. The highest BCUT2D eigenvalue weighted by molar-refractivity contribution is 7.91. The smallest absolute Gasteiger partial charge is 0.316 e. The Hall–Kier alpha value is -2.42. The van der Waals surface area contributed by atoms with Gasteiger partial charge in [-0.3, -0.25) is 10.00 Å². The van der Waals surface area contributed by atoms with Gasteiger partial charge in [-0.1, -0.05) is 35.5 Å². The van der Waals surface area contributed by atoms with Gasteiger partial charge in [0.15, 0.2) is 15.7 Å². The summed E-state index contributed by atoms with van der Waals surface area (Å²) < 4.78 is 25.3. The van der Waals surface area contributed by atoms with E-state index in [-0.39, 0.29) is 23.6 Å². The molecule has 1 N–H and O–H groups in total. The number of anilines is 1. The molecule has 1 aromatic carbocycles. The van der Waals surface area contributed by atoms with Gasteiger partial charge in [-0.25, -0.2) is 13.2 Å². The van der Waals surface area contributed by atoms with Crippen molar-refractivity contribution in [1.29, 1.82) is 0 Å². The Balaban J connectivity index is 1.78. The van der Waals surface area contributed by atoms with Crippen LogP contribution in [0.2, 0.25) is 0 Å². The van der Waals surface area contributed by atoms with Gasteiger partial charge in [-0.05, 0) is 18.9 Å². The van der Waals surface area contributed by atoms with Crippen LogP contribution in [0.1, 0.15) is 18.9 Å². The molecule has 1 fully saturated rings. The van der Waals surface area contributed by atoms with E-state index in [1.807, 2.05) is 37.3 Å². The molecule has 1 aromatic heterocycles. The number of sulfone groups is 1. The van der Waals surface area contributed by atoms with Crippen molar-refractivity contribution in [3.8, 4) is 0 Å². The number of rotatable bonds is 5. The highest BCUT2D eigenvalue weighted by Crippen LogP contribution is 2.21. The van der Waals surface area contributed by atoms with Crippen LogP contribution in [0, 0.1) is 0 Å². The van der Waals surface area contributed by atoms with Crippen molar-refractivity contribution < 1.29 is 13.2 Å². The third kappa shape index (κ3) is 4.36. The first kappa shape index (κ1) is 17.4. The van der Waals surface area contributed by atoms with Crippen LogP contribution in [-0.4, -0.2) is 51.9 Å². The van der Waals surface area contributed by atoms with Gasteiger partial charge in [0.2, 0.25) is 0 Å². The monoisotopic (exact) mass is 363 g/mol. The third-order valence-corrected chi connectivity index (χ3v) is 5.95. The molecule has 3 rings (SSSR count). The van der Waals surface area contributed by atoms with E-state index in [1.165, 1.54) is 0 Å². The molecular formula is C16H21N5O3S. The third-order valence-electron chi connectivity index (χ3n) is 4.20. The first-order valence-corrected chi connectivity index (χ1v) is 10.0. The highest BCUT2D eigenvalue weighted by Gasteiger charge is 2.35. The molecule has 2 heterocycles. The summed E-state index contributed by atoms with van der Waals surface area (Å²) in [4.78, 5) is 14.3. The standard InChI is InChI=1S/C16H21N5O3S/c1-2-20-11-15(18-19-20)17-16(22)21(10-13-6-4-3-5-7-13)14-8-9-25(23,24)12-14/h3-7,11,14H,2,8-10,12H2,1H3,(H,17,22)/t14-/m0/s1. The summed E-state index contributed by atoms with van der Waals surface area (Å²) in [6, 6.07) is 8.80. The molecule has 0 radical (unpaired) electrons. The number of urea groups is 1. The molecule has 25 heavy (non-hydrogen) atoms. The minimum absolute atomic E-state index is 0.00506. The van der Waals surface area contributed by atoms with Crippen LogP contribution in [0.5, 0.6) is 0 Å². The largest absolute Gasteiger partial charge is 0.323 e. The molecular weight excluding hydrogens is 342 g/mol. The van der Waals surface area contributed by atoms with Crippen LogP contribution < -0.4 is 5.32 Å². The van der Waals surface area contributed by atoms with Crippen molar-refractivity contribution in [3.05, 3.63) is 42.1 Å². The molecule has 1 atom stereocenters. The summed E-state index contributed by atoms with van der Waals surface area (Å²) in [5.41, 5.74) is 0.944. The van der Waals surface area contributed by atoms with Crippen LogP contribution in [0.3, 0.4) is 0 Å². The maximum atomic E-state index is 12.8. The number of hydrogen-bond donors (Lipinski definition) is 1. The van der Waals surface area contributed by atoms with Crippen molar-refractivity contribution in [2.75, 3.05) is 16.8 Å². The number of carbonyl (C=O) groups is 1. The fourth-order valence-corrected chi connectivity index (χ4v) is 4.59. The average Bonchev–Trinajstić information content (AvgIpc) is 3.19. The van der Waals surface area contributed by atoms with Gasteiger partial charge in [0, 0.05) is 19.1 Å². The molecule has 2 aromatic rings. The molecule has 0 saturated carbocycles. The Morgan fingerprint density at radius 3 is 2.72 bits per heavy atom. The summed E-state index contributed by atoms with van der Waals surface area (Å²) in [5.74, 6) is 0.461. The predicted molar refractivity (Wildman–Crippen MR) is 93.8 cm³/mol. The minimum atomic E-state index is -3.09. The second-order valence-corrected chi connectivity index (χ2v) is 8.29. The number of nitrogens with one attached hydrogen (secondary N) is 1. The summed E-state index contributed by atoms with van der Waals surface area (Å²) in [7, 11) is -3.09. The number of hydrogen-bond acceptors (Lipinski definition) is 5. The first-order chi connectivity index (χ1) is 12.0. The number of aryl methyl sites for hydroxylation is 1. The predicted octanol–water partition coefficient (Wildman–Crippen LogP) is 1.52. The Bertz CT molecular complexity index is 834. The molecule has 134 valence electrons. The van der Waals surface area contributed by atoms with Crippen molar-refractivity contribution in [2.45, 2.75) is 32.5 Å². The molecule has 0 unspecified atom stereocenters. The van der Waals surface area contributed by atoms with Gasteiger partial charge in [-0.15, -0.1) is 5.10 Å². The number of carbonyl (C=O) groups excluding carboxylic acids is 1. The van der Waals surface area contributed by atoms with Crippen LogP contribution in [0.25, 0.3) is 0 Å². The van der Waals surface area contributed by atoms with Crippen molar-refractivity contribution in [3.63, 3.8) is 0 Å². The number of benzene rings is 1. The first-order valence-electron chi connectivity index (χ1n) is 8.19. The number of aromatic nitrogens is 3. The van der Waals surface area contributed by atoms with Crippen LogP contribution in [-0.2, 0) is 22.9 Å². The highest BCUT2D eigenvalue weighted by atomic mass is 32.2. The number of amides is 2. The summed E-state index contributed by atoms with van der Waals surface area (Å²) in [5, 5.41) is 10.5. The van der Waals surface area contributed by atoms with E-state index in [2.05, 4.69) is 15.6 Å². The maximum absolute atomic E-state index is 12.8. The van der Waals surface area contributed by atoms with Gasteiger partial charge in [0.05, 0.1) is 17.7 Å². The van der Waals surface area contributed by atoms with E-state index >= 15 is 0 Å². The van der Waals surface area contributed by atoms with E-state index in [0.717, 1.165) is 5.56 Å². The van der Waals surface area contributed by atoms with Gasteiger partial charge < -0.3 is 4.90 Å². The maximum Gasteiger partial charge on any atom is 0.323 e. The van der Waals surface area contributed by atoms with E-state index < -0.39 is 9.84 Å². The molecule has 0 spiro atoms. The van der Waals surface area contributed by atoms with E-state index in [1.54, 1.807) is 15.8 Å². The second-order valence-electron chi connectivity index (χ2n) is 6.06. The molecule has 8 nitrogen and oxygen atoms in total. The summed E-state index contributed by atoms with van der Waals surface area (Å²) >= 11 is 0. The molecule has 2 amide bonds. The van der Waals surface area contributed by atoms with Gasteiger partial charge in [-0.2, -0.15) is 0 Å². The van der Waals surface area contributed by atoms with Crippen molar-refractivity contribution >= 4 is 21.7 Å². The summed E-state index contributed by atoms with van der Waals surface area (Å²) in [6.45, 7) is 2.91. The van der Waals surface area contributed by atoms with Gasteiger partial charge >= 0.3 is 6.03 Å². The lowest BCUT2D eigenvalue weighted by atomic mass is 10.1. The van der Waals surface area contributed by atoms with Crippen LogP contribution >= 0.6 is 0 Å². The van der Waals surface area contributed by atoms with E-state index in [0.29, 0.717) is 25.3 Å². The fourth-order valence-electron chi connectivity index (χ4n) is 2.86. The minimum Gasteiger partial charge on any atom is -0.316 e. The van der Waals surface area contributed by atoms with Crippen molar-refractivity contribution in [1.82, 2.24) is 19.9 Å². The van der Waals surface area contributed by atoms with Crippen molar-refractivity contribution in [2.24, 2.45) is 0 Å². The number of nitrogens with zero attached hydrogens (tertiary/aromatic N) is 4. The van der Waals surface area contributed by atoms with Crippen LogP contribution in [0.4, 0.5) is 10.6 Å². The molecule has 9 heteroatoms. The van der Waals surface area contributed by atoms with Crippen LogP contribution in [0.15, 0.2) is 36.5 Å². The second kappa shape index (κ2) is 7.22. The Morgan fingerprint density at radius 1 is 1.36 bits per heavy atom. The average molecular weight is 363 g/mol. The lowest BCUT2D eigenvalue weighted by Gasteiger charge is -2.28. The van der Waals surface area contributed by atoms with E-state index in [9.17, 15) is 13.2 Å². The topological polar surface area (TPSA) is 97.2 Å². The lowest BCUT2D eigenvalue weighted by Crippen LogP contribution is -2.43. The molecule has 0 bridgehead atoms. The Labute approximate surface area is 146 Å². The fraction of sp³-hybridized carbons (Fsp3) is 0.438. The van der Waals surface area contributed by atoms with Gasteiger partial charge in [0.1, 0.15) is 0 Å². The molecule has 1 saturated heterocycles.